The van der Waals surface area contributed by atoms with E-state index in [0.717, 1.165) is 23.3 Å². The van der Waals surface area contributed by atoms with E-state index in [1.165, 1.54) is 16.3 Å². The topological polar surface area (TPSA) is 28.7 Å². The van der Waals surface area contributed by atoms with Crippen LogP contribution >= 0.6 is 0 Å². The Hall–Kier alpha value is -2.61. The van der Waals surface area contributed by atoms with Gasteiger partial charge in [-0.2, -0.15) is 0 Å². The summed E-state index contributed by atoms with van der Waals surface area (Å²) in [6.07, 6.45) is 0.839. The molecule has 0 atom stereocenters. The van der Waals surface area contributed by atoms with Crippen LogP contribution in [0.15, 0.2) is 66.7 Å². The molecule has 96 valence electrons. The molecule has 0 fully saturated rings. The first kappa shape index (κ1) is 11.2. The van der Waals surface area contributed by atoms with Crippen LogP contribution in [0.5, 0.6) is 0 Å². The number of aromatic nitrogens is 2. The summed E-state index contributed by atoms with van der Waals surface area (Å²) in [5.74, 6) is 1.02. The van der Waals surface area contributed by atoms with Gasteiger partial charge in [0.05, 0.1) is 11.0 Å². The number of benzene rings is 3. The van der Waals surface area contributed by atoms with Crippen molar-refractivity contribution in [3.05, 3.63) is 78.1 Å². The van der Waals surface area contributed by atoms with Gasteiger partial charge in [0, 0.05) is 6.42 Å². The summed E-state index contributed by atoms with van der Waals surface area (Å²) < 4.78 is 0. The largest absolute Gasteiger partial charge is 0.342 e. The van der Waals surface area contributed by atoms with E-state index >= 15 is 0 Å². The molecular weight excluding hydrogens is 244 g/mol. The minimum atomic E-state index is 0.839. The quantitative estimate of drug-likeness (QED) is 0.570. The zero-order valence-corrected chi connectivity index (χ0v) is 11.0. The predicted octanol–water partition coefficient (Wildman–Crippen LogP) is 4.31. The highest BCUT2D eigenvalue weighted by atomic mass is 14.9. The first-order chi connectivity index (χ1) is 9.88. The summed E-state index contributed by atoms with van der Waals surface area (Å²) in [7, 11) is 0. The average molecular weight is 258 g/mol. The SMILES string of the molecule is c1ccc(Cc2nc3cc4ccccc4cc3[nH]2)cc1. The molecule has 0 amide bonds. The van der Waals surface area contributed by atoms with Crippen LogP contribution < -0.4 is 0 Å². The fraction of sp³-hybridized carbons (Fsp3) is 0.0556. The molecule has 0 radical (unpaired) electrons. The zero-order valence-electron chi connectivity index (χ0n) is 11.0. The molecule has 2 nitrogen and oxygen atoms in total. The number of fused-ring (bicyclic) bond motifs is 2. The number of nitrogens with zero attached hydrogens (tertiary/aromatic N) is 1. The average Bonchev–Trinajstić information content (AvgIpc) is 2.86. The maximum Gasteiger partial charge on any atom is 0.111 e. The molecule has 3 aromatic carbocycles. The molecule has 0 saturated carbocycles. The summed E-state index contributed by atoms with van der Waals surface area (Å²) in [6.45, 7) is 0. The Morgan fingerprint density at radius 1 is 0.800 bits per heavy atom. The molecule has 1 heterocycles. The van der Waals surface area contributed by atoms with Crippen molar-refractivity contribution >= 4 is 21.8 Å². The van der Waals surface area contributed by atoms with Crippen LogP contribution in [0.25, 0.3) is 21.8 Å². The second kappa shape index (κ2) is 4.49. The van der Waals surface area contributed by atoms with Crippen LogP contribution in [0.1, 0.15) is 11.4 Å². The van der Waals surface area contributed by atoms with Gasteiger partial charge in [-0.1, -0.05) is 54.6 Å². The fourth-order valence-electron chi connectivity index (χ4n) is 2.62. The highest BCUT2D eigenvalue weighted by Crippen LogP contribution is 2.21. The van der Waals surface area contributed by atoms with Gasteiger partial charge < -0.3 is 4.98 Å². The van der Waals surface area contributed by atoms with Gasteiger partial charge in [0.2, 0.25) is 0 Å². The summed E-state index contributed by atoms with van der Waals surface area (Å²) in [4.78, 5) is 8.13. The molecule has 4 rings (SSSR count). The smallest absolute Gasteiger partial charge is 0.111 e. The van der Waals surface area contributed by atoms with E-state index in [1.54, 1.807) is 0 Å². The van der Waals surface area contributed by atoms with E-state index in [0.29, 0.717) is 0 Å². The number of hydrogen-bond donors (Lipinski definition) is 1. The summed E-state index contributed by atoms with van der Waals surface area (Å²) in [5, 5.41) is 2.48. The Bertz CT molecular complexity index is 823. The molecule has 1 aromatic heterocycles. The zero-order chi connectivity index (χ0) is 13.4. The second-order valence-corrected chi connectivity index (χ2v) is 5.06. The molecule has 0 saturated heterocycles. The molecular formula is C18H14N2. The maximum absolute atomic E-state index is 4.70. The third kappa shape index (κ3) is 1.95. The molecule has 0 unspecified atom stereocenters. The second-order valence-electron chi connectivity index (χ2n) is 5.06. The maximum atomic E-state index is 4.70. The van der Waals surface area contributed by atoms with E-state index in [1.807, 2.05) is 6.07 Å². The Morgan fingerprint density at radius 3 is 2.30 bits per heavy atom. The van der Waals surface area contributed by atoms with E-state index < -0.39 is 0 Å². The Balaban J connectivity index is 1.80. The molecule has 4 aromatic rings. The molecule has 0 aliphatic rings. The minimum Gasteiger partial charge on any atom is -0.342 e. The van der Waals surface area contributed by atoms with Crippen LogP contribution in [0, 0.1) is 0 Å². The van der Waals surface area contributed by atoms with Crippen LogP contribution in [0.2, 0.25) is 0 Å². The van der Waals surface area contributed by atoms with Gasteiger partial charge in [0.25, 0.3) is 0 Å². The Morgan fingerprint density at radius 2 is 1.50 bits per heavy atom. The number of imidazole rings is 1. The van der Waals surface area contributed by atoms with Crippen molar-refractivity contribution in [3.8, 4) is 0 Å². The summed E-state index contributed by atoms with van der Waals surface area (Å²) in [5.41, 5.74) is 3.42. The predicted molar refractivity (Wildman–Crippen MR) is 82.8 cm³/mol. The van der Waals surface area contributed by atoms with E-state index in [9.17, 15) is 0 Å². The van der Waals surface area contributed by atoms with Gasteiger partial charge >= 0.3 is 0 Å². The molecule has 20 heavy (non-hydrogen) atoms. The summed E-state index contributed by atoms with van der Waals surface area (Å²) >= 11 is 0. The molecule has 0 bridgehead atoms. The van der Waals surface area contributed by atoms with Crippen LogP contribution in [-0.4, -0.2) is 9.97 Å². The monoisotopic (exact) mass is 258 g/mol. The lowest BCUT2D eigenvalue weighted by Crippen LogP contribution is -1.89. The number of nitrogens with one attached hydrogen (secondary N) is 1. The lowest BCUT2D eigenvalue weighted by molar-refractivity contribution is 1.04. The molecule has 1 N–H and O–H groups in total. The minimum absolute atomic E-state index is 0.839. The van der Waals surface area contributed by atoms with E-state index in [4.69, 9.17) is 4.98 Å². The van der Waals surface area contributed by atoms with Crippen molar-refractivity contribution < 1.29 is 0 Å². The Kier molecular flexibility index (Phi) is 2.52. The number of H-pyrrole nitrogens is 1. The number of aromatic amines is 1. The van der Waals surface area contributed by atoms with Crippen molar-refractivity contribution in [2.24, 2.45) is 0 Å². The van der Waals surface area contributed by atoms with Crippen molar-refractivity contribution in [3.63, 3.8) is 0 Å². The summed E-state index contributed by atoms with van der Waals surface area (Å²) in [6, 6.07) is 23.1. The lowest BCUT2D eigenvalue weighted by Gasteiger charge is -1.96. The van der Waals surface area contributed by atoms with Crippen molar-refractivity contribution in [2.45, 2.75) is 6.42 Å². The lowest BCUT2D eigenvalue weighted by atomic mass is 10.1. The standard InChI is InChI=1S/C18H14N2/c1-2-6-13(7-3-1)10-18-19-16-11-14-8-4-5-9-15(14)12-17(16)20-18/h1-9,11-12H,10H2,(H,19,20). The van der Waals surface area contributed by atoms with Crippen molar-refractivity contribution in [1.82, 2.24) is 9.97 Å². The molecule has 0 spiro atoms. The number of rotatable bonds is 2. The van der Waals surface area contributed by atoms with Crippen molar-refractivity contribution in [1.29, 1.82) is 0 Å². The van der Waals surface area contributed by atoms with E-state index in [-0.39, 0.29) is 0 Å². The van der Waals surface area contributed by atoms with Crippen LogP contribution in [0.4, 0.5) is 0 Å². The van der Waals surface area contributed by atoms with Gasteiger partial charge in [0.15, 0.2) is 0 Å². The molecule has 2 heteroatoms. The normalized spacial score (nSPS) is 11.2. The highest BCUT2D eigenvalue weighted by Gasteiger charge is 2.05. The van der Waals surface area contributed by atoms with E-state index in [2.05, 4.69) is 65.6 Å². The third-order valence-electron chi connectivity index (χ3n) is 3.61. The highest BCUT2D eigenvalue weighted by molar-refractivity contribution is 5.95. The molecule has 0 aliphatic heterocycles. The number of hydrogen-bond acceptors (Lipinski definition) is 1. The molecule has 0 aliphatic carbocycles. The Labute approximate surface area is 117 Å². The van der Waals surface area contributed by atoms with Gasteiger partial charge in [-0.25, -0.2) is 4.98 Å². The van der Waals surface area contributed by atoms with Gasteiger partial charge in [-0.15, -0.1) is 0 Å². The van der Waals surface area contributed by atoms with Crippen molar-refractivity contribution in [2.75, 3.05) is 0 Å². The van der Waals surface area contributed by atoms with Crippen LogP contribution in [0.3, 0.4) is 0 Å². The fourth-order valence-corrected chi connectivity index (χ4v) is 2.62. The van der Waals surface area contributed by atoms with Gasteiger partial charge in [-0.3, -0.25) is 0 Å². The first-order valence-electron chi connectivity index (χ1n) is 6.80. The first-order valence-corrected chi connectivity index (χ1v) is 6.80. The third-order valence-corrected chi connectivity index (χ3v) is 3.61. The van der Waals surface area contributed by atoms with Gasteiger partial charge in [-0.05, 0) is 28.5 Å². The van der Waals surface area contributed by atoms with Crippen LogP contribution in [-0.2, 0) is 6.42 Å². The van der Waals surface area contributed by atoms with Gasteiger partial charge in [0.1, 0.15) is 5.82 Å².